The third-order valence-corrected chi connectivity index (χ3v) is 3.87. The number of esters is 1. The molecular weight excluding hydrogens is 320 g/mol. The van der Waals surface area contributed by atoms with Gasteiger partial charge in [-0.2, -0.15) is 0 Å². The summed E-state index contributed by atoms with van der Waals surface area (Å²) in [5.41, 5.74) is 7.52. The number of carbonyl (C=O) groups excluding carboxylic acids is 2. The molecule has 1 aromatic rings. The van der Waals surface area contributed by atoms with E-state index in [1.165, 1.54) is 7.11 Å². The van der Waals surface area contributed by atoms with E-state index < -0.39 is 6.04 Å². The fraction of sp³-hybridized carbons (Fsp3) is 0.500. The quantitative estimate of drug-likeness (QED) is 0.792. The maximum Gasteiger partial charge on any atom is 0.309 e. The minimum Gasteiger partial charge on any atom is -0.469 e. The van der Waals surface area contributed by atoms with Gasteiger partial charge in [0, 0.05) is 18.9 Å². The van der Waals surface area contributed by atoms with Crippen LogP contribution in [0.1, 0.15) is 18.4 Å². The van der Waals surface area contributed by atoms with E-state index in [0.717, 1.165) is 18.4 Å². The fourth-order valence-corrected chi connectivity index (χ4v) is 2.46. The molecule has 1 aliphatic rings. The van der Waals surface area contributed by atoms with E-state index in [0.29, 0.717) is 18.9 Å². The maximum absolute atomic E-state index is 12.2. The standard InChI is InChI=1S/C16H22N2O4.ClH/c1-21-14(19)10-11-2-4-13(5-3-11)18-16(20)15(17)12-6-8-22-9-7-12;/h2-5,12,15H,6-10,17H2,1H3,(H,18,20);1H. The SMILES string of the molecule is COC(=O)Cc1ccc(NC(=O)C(N)C2CCOCC2)cc1.Cl. The molecule has 7 heteroatoms. The minimum absolute atomic E-state index is 0. The van der Waals surface area contributed by atoms with Gasteiger partial charge in [-0.15, -0.1) is 12.4 Å². The van der Waals surface area contributed by atoms with Crippen LogP contribution < -0.4 is 11.1 Å². The highest BCUT2D eigenvalue weighted by atomic mass is 35.5. The fourth-order valence-electron chi connectivity index (χ4n) is 2.46. The zero-order valence-electron chi connectivity index (χ0n) is 13.1. The van der Waals surface area contributed by atoms with Crippen molar-refractivity contribution in [2.24, 2.45) is 11.7 Å². The summed E-state index contributed by atoms with van der Waals surface area (Å²) >= 11 is 0. The normalized spacial score (nSPS) is 16.1. The summed E-state index contributed by atoms with van der Waals surface area (Å²) in [5.74, 6) is -0.321. The Morgan fingerprint density at radius 3 is 2.48 bits per heavy atom. The number of nitrogens with one attached hydrogen (secondary N) is 1. The Bertz CT molecular complexity index is 515. The molecular formula is C16H23ClN2O4. The highest BCUT2D eigenvalue weighted by Crippen LogP contribution is 2.19. The Labute approximate surface area is 142 Å². The Morgan fingerprint density at radius 2 is 1.91 bits per heavy atom. The van der Waals surface area contributed by atoms with Crippen molar-refractivity contribution in [3.05, 3.63) is 29.8 Å². The second kappa shape index (κ2) is 9.50. The summed E-state index contributed by atoms with van der Waals surface area (Å²) in [6.45, 7) is 1.32. The van der Waals surface area contributed by atoms with Crippen molar-refractivity contribution in [3.8, 4) is 0 Å². The molecule has 0 aliphatic carbocycles. The smallest absolute Gasteiger partial charge is 0.309 e. The van der Waals surface area contributed by atoms with Gasteiger partial charge in [0.15, 0.2) is 0 Å². The molecule has 6 nitrogen and oxygen atoms in total. The first kappa shape index (κ1) is 19.4. The highest BCUT2D eigenvalue weighted by Gasteiger charge is 2.26. The molecule has 1 atom stereocenters. The summed E-state index contributed by atoms with van der Waals surface area (Å²) < 4.78 is 9.89. The Kier molecular flexibility index (Phi) is 8.02. The van der Waals surface area contributed by atoms with Gasteiger partial charge in [-0.25, -0.2) is 0 Å². The molecule has 0 saturated carbocycles. The number of amides is 1. The van der Waals surface area contributed by atoms with E-state index >= 15 is 0 Å². The largest absolute Gasteiger partial charge is 0.469 e. The lowest BCUT2D eigenvalue weighted by Gasteiger charge is -2.26. The first-order valence-electron chi connectivity index (χ1n) is 7.40. The zero-order valence-corrected chi connectivity index (χ0v) is 13.9. The summed E-state index contributed by atoms with van der Waals surface area (Å²) in [4.78, 5) is 23.4. The van der Waals surface area contributed by atoms with Gasteiger partial charge >= 0.3 is 5.97 Å². The topological polar surface area (TPSA) is 90.7 Å². The first-order chi connectivity index (χ1) is 10.6. The lowest BCUT2D eigenvalue weighted by atomic mass is 9.92. The van der Waals surface area contributed by atoms with Gasteiger partial charge in [0.25, 0.3) is 0 Å². The van der Waals surface area contributed by atoms with Crippen molar-refractivity contribution in [3.63, 3.8) is 0 Å². The van der Waals surface area contributed by atoms with Crippen LogP contribution in [-0.2, 0) is 25.5 Å². The average Bonchev–Trinajstić information content (AvgIpc) is 2.56. The number of hydrogen-bond acceptors (Lipinski definition) is 5. The number of ether oxygens (including phenoxy) is 2. The van der Waals surface area contributed by atoms with Gasteiger partial charge in [-0.05, 0) is 36.5 Å². The number of rotatable bonds is 5. The number of carbonyl (C=O) groups is 2. The molecule has 0 radical (unpaired) electrons. The predicted octanol–water partition coefficient (Wildman–Crippen LogP) is 1.52. The first-order valence-corrected chi connectivity index (χ1v) is 7.40. The number of anilines is 1. The van der Waals surface area contributed by atoms with Gasteiger partial charge < -0.3 is 20.5 Å². The molecule has 128 valence electrons. The molecule has 2 rings (SSSR count). The summed E-state index contributed by atoms with van der Waals surface area (Å²) in [7, 11) is 1.36. The third kappa shape index (κ3) is 5.82. The molecule has 1 heterocycles. The molecule has 1 amide bonds. The molecule has 0 bridgehead atoms. The second-order valence-corrected chi connectivity index (χ2v) is 5.41. The second-order valence-electron chi connectivity index (χ2n) is 5.41. The highest BCUT2D eigenvalue weighted by molar-refractivity contribution is 5.94. The molecule has 1 saturated heterocycles. The maximum atomic E-state index is 12.2. The number of methoxy groups -OCH3 is 1. The van der Waals surface area contributed by atoms with Crippen LogP contribution in [0.3, 0.4) is 0 Å². The number of benzene rings is 1. The Morgan fingerprint density at radius 1 is 1.30 bits per heavy atom. The van der Waals surface area contributed by atoms with Gasteiger partial charge in [-0.3, -0.25) is 9.59 Å². The van der Waals surface area contributed by atoms with Crippen LogP contribution in [0.5, 0.6) is 0 Å². The number of halogens is 1. The van der Waals surface area contributed by atoms with Crippen molar-refractivity contribution >= 4 is 30.0 Å². The molecule has 3 N–H and O–H groups in total. The van der Waals surface area contributed by atoms with E-state index in [2.05, 4.69) is 10.1 Å². The van der Waals surface area contributed by atoms with Gasteiger partial charge in [0.2, 0.25) is 5.91 Å². The van der Waals surface area contributed by atoms with E-state index in [1.54, 1.807) is 24.3 Å². The van der Waals surface area contributed by atoms with Crippen molar-refractivity contribution < 1.29 is 19.1 Å². The molecule has 0 aromatic heterocycles. The van der Waals surface area contributed by atoms with Crippen molar-refractivity contribution in [2.45, 2.75) is 25.3 Å². The van der Waals surface area contributed by atoms with Gasteiger partial charge in [-0.1, -0.05) is 12.1 Å². The molecule has 1 unspecified atom stereocenters. The van der Waals surface area contributed by atoms with Crippen molar-refractivity contribution in [1.82, 2.24) is 0 Å². The third-order valence-electron chi connectivity index (χ3n) is 3.87. The van der Waals surface area contributed by atoms with Crippen molar-refractivity contribution in [2.75, 3.05) is 25.6 Å². The Balaban J connectivity index is 0.00000264. The van der Waals surface area contributed by atoms with E-state index in [-0.39, 0.29) is 36.6 Å². The van der Waals surface area contributed by atoms with Crippen LogP contribution in [0.15, 0.2) is 24.3 Å². The van der Waals surface area contributed by atoms with Gasteiger partial charge in [0.1, 0.15) is 0 Å². The lowest BCUT2D eigenvalue weighted by Crippen LogP contribution is -2.43. The van der Waals surface area contributed by atoms with Gasteiger partial charge in [0.05, 0.1) is 19.6 Å². The van der Waals surface area contributed by atoms with E-state index in [1.807, 2.05) is 0 Å². The molecule has 1 fully saturated rings. The lowest BCUT2D eigenvalue weighted by molar-refractivity contribution is -0.139. The molecule has 1 aromatic carbocycles. The number of hydrogen-bond donors (Lipinski definition) is 2. The van der Waals surface area contributed by atoms with Crippen LogP contribution in [0.2, 0.25) is 0 Å². The average molecular weight is 343 g/mol. The van der Waals surface area contributed by atoms with E-state index in [4.69, 9.17) is 10.5 Å². The predicted molar refractivity (Wildman–Crippen MR) is 89.6 cm³/mol. The van der Waals surface area contributed by atoms with Crippen LogP contribution in [0, 0.1) is 5.92 Å². The summed E-state index contributed by atoms with van der Waals surface area (Å²) in [5, 5.41) is 2.81. The van der Waals surface area contributed by atoms with Crippen LogP contribution in [0.4, 0.5) is 5.69 Å². The monoisotopic (exact) mass is 342 g/mol. The van der Waals surface area contributed by atoms with Crippen LogP contribution in [0.25, 0.3) is 0 Å². The Hall–Kier alpha value is -1.63. The van der Waals surface area contributed by atoms with E-state index in [9.17, 15) is 9.59 Å². The zero-order chi connectivity index (χ0) is 15.9. The minimum atomic E-state index is -0.529. The number of nitrogens with two attached hydrogens (primary N) is 1. The molecule has 1 aliphatic heterocycles. The summed E-state index contributed by atoms with van der Waals surface area (Å²) in [6.07, 6.45) is 1.84. The van der Waals surface area contributed by atoms with Crippen LogP contribution in [-0.4, -0.2) is 38.2 Å². The van der Waals surface area contributed by atoms with Crippen molar-refractivity contribution in [1.29, 1.82) is 0 Å². The summed E-state index contributed by atoms with van der Waals surface area (Å²) in [6, 6.07) is 6.55. The van der Waals surface area contributed by atoms with Crippen LogP contribution >= 0.6 is 12.4 Å². The molecule has 23 heavy (non-hydrogen) atoms. The molecule has 0 spiro atoms.